The molecule has 1 saturated heterocycles. The summed E-state index contributed by atoms with van der Waals surface area (Å²) >= 11 is 0. The van der Waals surface area contributed by atoms with Crippen LogP contribution in [0.5, 0.6) is 0 Å². The zero-order valence-corrected chi connectivity index (χ0v) is 11.3. The van der Waals surface area contributed by atoms with Gasteiger partial charge in [-0.25, -0.2) is 4.79 Å². The second kappa shape index (κ2) is 5.91. The highest BCUT2D eigenvalue weighted by Gasteiger charge is 2.40. The third-order valence-electron chi connectivity index (χ3n) is 3.45. The number of carboxylic acid groups (broad SMARTS) is 1. The predicted octanol–water partition coefficient (Wildman–Crippen LogP) is 0.423. The van der Waals surface area contributed by atoms with Crippen molar-refractivity contribution in [1.29, 1.82) is 0 Å². The second-order valence-electron chi connectivity index (χ2n) is 4.91. The molecule has 0 unspecified atom stereocenters. The summed E-state index contributed by atoms with van der Waals surface area (Å²) < 4.78 is 6.74. The number of carbonyl (C=O) groups is 2. The van der Waals surface area contributed by atoms with Crippen molar-refractivity contribution in [3.63, 3.8) is 0 Å². The number of hydrogen-bond acceptors (Lipinski definition) is 4. The highest BCUT2D eigenvalue weighted by atomic mass is 16.5. The molecule has 1 fully saturated rings. The number of hydrogen-bond donors (Lipinski definition) is 3. The van der Waals surface area contributed by atoms with Crippen LogP contribution in [0, 0.1) is 5.41 Å². The maximum absolute atomic E-state index is 11.7. The average Bonchev–Trinajstić information content (AvgIpc) is 2.83. The van der Waals surface area contributed by atoms with Crippen LogP contribution >= 0.6 is 0 Å². The maximum atomic E-state index is 11.7. The standard InChI is InChI=1S/C12H18N4O4/c1-16-7-9(6-14-16)15-11(19)13-8-12(10(17)18)2-4-20-5-3-12/h6-7H,2-5,8H2,1H3,(H,17,18)(H2,13,15,19). The molecule has 0 aromatic carbocycles. The molecule has 3 N–H and O–H groups in total. The third kappa shape index (κ3) is 3.27. The molecule has 8 nitrogen and oxygen atoms in total. The van der Waals surface area contributed by atoms with Crippen LogP contribution in [0.2, 0.25) is 0 Å². The first-order chi connectivity index (χ1) is 9.52. The van der Waals surface area contributed by atoms with Crippen molar-refractivity contribution in [3.05, 3.63) is 12.4 Å². The van der Waals surface area contributed by atoms with Crippen LogP contribution in [0.4, 0.5) is 10.5 Å². The fourth-order valence-electron chi connectivity index (χ4n) is 2.14. The van der Waals surface area contributed by atoms with E-state index < -0.39 is 17.4 Å². The summed E-state index contributed by atoms with van der Waals surface area (Å²) in [6.45, 7) is 0.883. The van der Waals surface area contributed by atoms with Gasteiger partial charge in [-0.2, -0.15) is 5.10 Å². The molecule has 0 saturated carbocycles. The quantitative estimate of drug-likeness (QED) is 0.742. The van der Waals surface area contributed by atoms with Crippen molar-refractivity contribution in [1.82, 2.24) is 15.1 Å². The van der Waals surface area contributed by atoms with E-state index in [2.05, 4.69) is 15.7 Å². The summed E-state index contributed by atoms with van der Waals surface area (Å²) in [5.74, 6) is -0.900. The Balaban J connectivity index is 1.89. The Kier molecular flexibility index (Phi) is 4.23. The minimum atomic E-state index is -0.940. The number of rotatable bonds is 4. The number of aryl methyl sites for hydroxylation is 1. The lowest BCUT2D eigenvalue weighted by Crippen LogP contribution is -2.47. The molecule has 2 heterocycles. The van der Waals surface area contributed by atoms with Gasteiger partial charge in [-0.3, -0.25) is 9.48 Å². The Hall–Kier alpha value is -2.09. The van der Waals surface area contributed by atoms with Gasteiger partial charge in [0.05, 0.1) is 17.3 Å². The Morgan fingerprint density at radius 3 is 2.75 bits per heavy atom. The van der Waals surface area contributed by atoms with E-state index in [4.69, 9.17) is 4.74 Å². The highest BCUT2D eigenvalue weighted by Crippen LogP contribution is 2.30. The van der Waals surface area contributed by atoms with Gasteiger partial charge in [-0.15, -0.1) is 0 Å². The third-order valence-corrected chi connectivity index (χ3v) is 3.45. The molecule has 0 spiro atoms. The first-order valence-electron chi connectivity index (χ1n) is 6.36. The molecule has 20 heavy (non-hydrogen) atoms. The van der Waals surface area contributed by atoms with Crippen molar-refractivity contribution in [2.75, 3.05) is 25.1 Å². The van der Waals surface area contributed by atoms with Crippen molar-refractivity contribution < 1.29 is 19.4 Å². The van der Waals surface area contributed by atoms with Gasteiger partial charge >= 0.3 is 12.0 Å². The topological polar surface area (TPSA) is 105 Å². The molecule has 1 aromatic rings. The molecule has 1 aromatic heterocycles. The maximum Gasteiger partial charge on any atom is 0.319 e. The summed E-state index contributed by atoms with van der Waals surface area (Å²) in [4.78, 5) is 23.2. The number of carbonyl (C=O) groups excluding carboxylic acids is 1. The normalized spacial score (nSPS) is 17.4. The van der Waals surface area contributed by atoms with Crippen molar-refractivity contribution in [2.24, 2.45) is 12.5 Å². The van der Waals surface area contributed by atoms with Crippen LogP contribution < -0.4 is 10.6 Å². The number of carboxylic acids is 1. The summed E-state index contributed by atoms with van der Waals surface area (Å²) in [6, 6.07) is -0.440. The molecule has 2 rings (SSSR count). The molecule has 1 aliphatic rings. The van der Waals surface area contributed by atoms with Crippen LogP contribution in [0.25, 0.3) is 0 Å². The lowest BCUT2D eigenvalue weighted by atomic mass is 9.80. The van der Waals surface area contributed by atoms with E-state index in [0.717, 1.165) is 0 Å². The number of nitrogens with zero attached hydrogens (tertiary/aromatic N) is 2. The van der Waals surface area contributed by atoms with E-state index in [-0.39, 0.29) is 6.54 Å². The van der Waals surface area contributed by atoms with Gasteiger partial charge in [0, 0.05) is 33.0 Å². The Labute approximate surface area is 116 Å². The molecule has 0 atom stereocenters. The van der Waals surface area contributed by atoms with Gasteiger partial charge in [-0.1, -0.05) is 0 Å². The van der Waals surface area contributed by atoms with Crippen LogP contribution in [-0.2, 0) is 16.6 Å². The molecular formula is C12H18N4O4. The molecule has 0 bridgehead atoms. The smallest absolute Gasteiger partial charge is 0.319 e. The van der Waals surface area contributed by atoms with Crippen molar-refractivity contribution in [2.45, 2.75) is 12.8 Å². The van der Waals surface area contributed by atoms with E-state index in [1.165, 1.54) is 6.20 Å². The summed E-state index contributed by atoms with van der Waals surface area (Å²) in [5, 5.41) is 18.5. The molecule has 110 valence electrons. The molecule has 0 aliphatic carbocycles. The number of anilines is 1. The van der Waals surface area contributed by atoms with Gasteiger partial charge in [0.2, 0.25) is 0 Å². The predicted molar refractivity (Wildman–Crippen MR) is 70.4 cm³/mol. The second-order valence-corrected chi connectivity index (χ2v) is 4.91. The first kappa shape index (κ1) is 14.3. The number of amides is 2. The van der Waals surface area contributed by atoms with Gasteiger partial charge in [0.25, 0.3) is 0 Å². The van der Waals surface area contributed by atoms with E-state index >= 15 is 0 Å². The van der Waals surface area contributed by atoms with Gasteiger partial charge in [-0.05, 0) is 12.8 Å². The minimum absolute atomic E-state index is 0.0811. The summed E-state index contributed by atoms with van der Waals surface area (Å²) in [7, 11) is 1.74. The summed E-state index contributed by atoms with van der Waals surface area (Å²) in [6.07, 6.45) is 3.97. The minimum Gasteiger partial charge on any atom is -0.481 e. The van der Waals surface area contributed by atoms with Crippen LogP contribution in [-0.4, -0.2) is 46.6 Å². The molecule has 1 aliphatic heterocycles. The fraction of sp³-hybridized carbons (Fsp3) is 0.583. The number of aliphatic carboxylic acids is 1. The lowest BCUT2D eigenvalue weighted by Gasteiger charge is -2.33. The Morgan fingerprint density at radius 1 is 1.50 bits per heavy atom. The van der Waals surface area contributed by atoms with Crippen LogP contribution in [0.1, 0.15) is 12.8 Å². The lowest BCUT2D eigenvalue weighted by molar-refractivity contribution is -0.154. The largest absolute Gasteiger partial charge is 0.481 e. The zero-order valence-electron chi connectivity index (χ0n) is 11.3. The van der Waals surface area contributed by atoms with Crippen molar-refractivity contribution in [3.8, 4) is 0 Å². The first-order valence-corrected chi connectivity index (χ1v) is 6.36. The van der Waals surface area contributed by atoms with Crippen molar-refractivity contribution >= 4 is 17.7 Å². The molecule has 2 amide bonds. The van der Waals surface area contributed by atoms with E-state index in [9.17, 15) is 14.7 Å². The van der Waals surface area contributed by atoms with E-state index in [1.807, 2.05) is 0 Å². The average molecular weight is 282 g/mol. The number of aromatic nitrogens is 2. The SMILES string of the molecule is Cn1cc(NC(=O)NCC2(C(=O)O)CCOCC2)cn1. The van der Waals surface area contributed by atoms with E-state index in [1.54, 1.807) is 17.9 Å². The van der Waals surface area contributed by atoms with Crippen LogP contribution in [0.15, 0.2) is 12.4 Å². The van der Waals surface area contributed by atoms with E-state index in [0.29, 0.717) is 31.7 Å². The number of ether oxygens (including phenoxy) is 1. The van der Waals surface area contributed by atoms with Crippen LogP contribution in [0.3, 0.4) is 0 Å². The van der Waals surface area contributed by atoms with Gasteiger partial charge < -0.3 is 20.5 Å². The number of urea groups is 1. The number of nitrogens with one attached hydrogen (secondary N) is 2. The monoisotopic (exact) mass is 282 g/mol. The Morgan fingerprint density at radius 2 is 2.20 bits per heavy atom. The Bertz CT molecular complexity index is 493. The van der Waals surface area contributed by atoms with Gasteiger partial charge in [0.15, 0.2) is 0 Å². The highest BCUT2D eigenvalue weighted by molar-refractivity contribution is 5.89. The zero-order chi connectivity index (χ0) is 14.6. The fourth-order valence-corrected chi connectivity index (χ4v) is 2.14. The van der Waals surface area contributed by atoms with Gasteiger partial charge in [0.1, 0.15) is 0 Å². The summed E-state index contributed by atoms with van der Waals surface area (Å²) in [5.41, 5.74) is -0.383. The molecule has 0 radical (unpaired) electrons. The molecular weight excluding hydrogens is 264 g/mol. The molecule has 8 heteroatoms.